The normalized spacial score (nSPS) is 22.9. The number of thiol groups is 1. The predicted octanol–water partition coefficient (Wildman–Crippen LogP) is 3.35. The Hall–Kier alpha value is -0.470. The van der Waals surface area contributed by atoms with Crippen molar-refractivity contribution in [1.29, 1.82) is 0 Å². The summed E-state index contributed by atoms with van der Waals surface area (Å²) in [6.07, 6.45) is 4.10. The van der Waals surface area contributed by atoms with Gasteiger partial charge in [-0.3, -0.25) is 4.90 Å². The highest BCUT2D eigenvalue weighted by Gasteiger charge is 2.17. The summed E-state index contributed by atoms with van der Waals surface area (Å²) in [5, 5.41) is 0. The van der Waals surface area contributed by atoms with Crippen molar-refractivity contribution < 1.29 is 0 Å². The minimum Gasteiger partial charge on any atom is -0.296 e. The summed E-state index contributed by atoms with van der Waals surface area (Å²) >= 11 is 4.30. The molecule has 82 valence electrons. The fourth-order valence-corrected chi connectivity index (χ4v) is 2.38. The fourth-order valence-electron chi connectivity index (χ4n) is 2.23. The van der Waals surface area contributed by atoms with E-state index in [1.807, 2.05) is 0 Å². The van der Waals surface area contributed by atoms with Gasteiger partial charge in [0.2, 0.25) is 0 Å². The maximum atomic E-state index is 4.30. The fraction of sp³-hybridized carbons (Fsp3) is 0.538. The van der Waals surface area contributed by atoms with Crippen LogP contribution >= 0.6 is 12.6 Å². The third kappa shape index (κ3) is 2.99. The molecule has 1 heterocycles. The molecule has 0 aliphatic carbocycles. The number of likely N-dealkylation sites (tertiary alicyclic amines) is 1. The summed E-state index contributed by atoms with van der Waals surface area (Å²) in [7, 11) is 0. The Bertz CT molecular complexity index is 307. The smallest absolute Gasteiger partial charge is 0.0236 e. The van der Waals surface area contributed by atoms with Gasteiger partial charge in [0.25, 0.3) is 0 Å². The van der Waals surface area contributed by atoms with Crippen molar-refractivity contribution in [2.75, 3.05) is 6.54 Å². The van der Waals surface area contributed by atoms with E-state index in [4.69, 9.17) is 0 Å². The molecule has 1 atom stereocenters. The van der Waals surface area contributed by atoms with Crippen LogP contribution in [0.5, 0.6) is 0 Å². The van der Waals surface area contributed by atoms with Crippen molar-refractivity contribution in [1.82, 2.24) is 4.90 Å². The molecule has 0 N–H and O–H groups in total. The minimum atomic E-state index is 0.745. The zero-order valence-corrected chi connectivity index (χ0v) is 10.2. The standard InChI is InChI=1S/C13H19NS/c1-11-4-2-3-9-14(11)10-12-5-7-13(15)8-6-12/h5-8,11,15H,2-4,9-10H2,1H3/t11-/m1/s1. The van der Waals surface area contributed by atoms with E-state index >= 15 is 0 Å². The van der Waals surface area contributed by atoms with E-state index in [-0.39, 0.29) is 0 Å². The largest absolute Gasteiger partial charge is 0.296 e. The van der Waals surface area contributed by atoms with Crippen LogP contribution in [0.1, 0.15) is 31.7 Å². The molecule has 0 aromatic heterocycles. The van der Waals surface area contributed by atoms with Crippen LogP contribution in [0.25, 0.3) is 0 Å². The van der Waals surface area contributed by atoms with E-state index in [9.17, 15) is 0 Å². The first-order chi connectivity index (χ1) is 7.25. The second kappa shape index (κ2) is 5.04. The molecule has 1 aliphatic rings. The van der Waals surface area contributed by atoms with Gasteiger partial charge in [-0.1, -0.05) is 18.6 Å². The van der Waals surface area contributed by atoms with Crippen molar-refractivity contribution in [3.63, 3.8) is 0 Å². The average molecular weight is 221 g/mol. The lowest BCUT2D eigenvalue weighted by Gasteiger charge is -2.33. The van der Waals surface area contributed by atoms with Crippen LogP contribution in [0, 0.1) is 0 Å². The van der Waals surface area contributed by atoms with Crippen LogP contribution < -0.4 is 0 Å². The minimum absolute atomic E-state index is 0.745. The van der Waals surface area contributed by atoms with Gasteiger partial charge in [-0.15, -0.1) is 12.6 Å². The first-order valence-corrected chi connectivity index (χ1v) is 6.22. The molecule has 1 aromatic carbocycles. The van der Waals surface area contributed by atoms with Gasteiger partial charge in [0, 0.05) is 17.5 Å². The van der Waals surface area contributed by atoms with Gasteiger partial charge in [0.15, 0.2) is 0 Å². The zero-order chi connectivity index (χ0) is 10.7. The molecule has 1 fully saturated rings. The summed E-state index contributed by atoms with van der Waals surface area (Å²) < 4.78 is 0. The van der Waals surface area contributed by atoms with Gasteiger partial charge < -0.3 is 0 Å². The van der Waals surface area contributed by atoms with E-state index in [2.05, 4.69) is 48.7 Å². The zero-order valence-electron chi connectivity index (χ0n) is 9.32. The molecule has 0 amide bonds. The number of hydrogen-bond acceptors (Lipinski definition) is 2. The van der Waals surface area contributed by atoms with E-state index in [0.29, 0.717) is 0 Å². The number of nitrogens with zero attached hydrogens (tertiary/aromatic N) is 1. The molecule has 1 aliphatic heterocycles. The van der Waals surface area contributed by atoms with Crippen LogP contribution in [0.2, 0.25) is 0 Å². The third-order valence-corrected chi connectivity index (χ3v) is 3.56. The summed E-state index contributed by atoms with van der Waals surface area (Å²) in [5.74, 6) is 0. The van der Waals surface area contributed by atoms with E-state index in [1.165, 1.54) is 31.4 Å². The van der Waals surface area contributed by atoms with Crippen LogP contribution in [0.4, 0.5) is 0 Å². The molecular formula is C13H19NS. The number of benzene rings is 1. The Balaban J connectivity index is 1.98. The Kier molecular flexibility index (Phi) is 3.71. The molecule has 0 unspecified atom stereocenters. The molecule has 0 spiro atoms. The van der Waals surface area contributed by atoms with Gasteiger partial charge >= 0.3 is 0 Å². The topological polar surface area (TPSA) is 3.24 Å². The maximum Gasteiger partial charge on any atom is 0.0236 e. The van der Waals surface area contributed by atoms with Crippen molar-refractivity contribution in [3.05, 3.63) is 29.8 Å². The van der Waals surface area contributed by atoms with E-state index < -0.39 is 0 Å². The van der Waals surface area contributed by atoms with Crippen molar-refractivity contribution in [3.8, 4) is 0 Å². The Morgan fingerprint density at radius 1 is 1.27 bits per heavy atom. The lowest BCUT2D eigenvalue weighted by Crippen LogP contribution is -2.36. The molecule has 1 saturated heterocycles. The average Bonchev–Trinajstić information content (AvgIpc) is 2.25. The highest BCUT2D eigenvalue weighted by molar-refractivity contribution is 7.80. The quantitative estimate of drug-likeness (QED) is 0.750. The second-order valence-electron chi connectivity index (χ2n) is 4.48. The number of rotatable bonds is 2. The third-order valence-electron chi connectivity index (χ3n) is 3.26. The Morgan fingerprint density at radius 2 is 2.00 bits per heavy atom. The van der Waals surface area contributed by atoms with Crippen LogP contribution in [-0.2, 0) is 6.54 Å². The number of piperidine rings is 1. The van der Waals surface area contributed by atoms with E-state index in [1.54, 1.807) is 0 Å². The van der Waals surface area contributed by atoms with Crippen molar-refractivity contribution in [2.24, 2.45) is 0 Å². The van der Waals surface area contributed by atoms with Crippen LogP contribution in [0.3, 0.4) is 0 Å². The van der Waals surface area contributed by atoms with Crippen LogP contribution in [-0.4, -0.2) is 17.5 Å². The van der Waals surface area contributed by atoms with Gasteiger partial charge in [0.1, 0.15) is 0 Å². The first-order valence-electron chi connectivity index (χ1n) is 5.77. The van der Waals surface area contributed by atoms with Gasteiger partial charge in [-0.2, -0.15) is 0 Å². The Labute approximate surface area is 97.9 Å². The second-order valence-corrected chi connectivity index (χ2v) is 5.00. The van der Waals surface area contributed by atoms with Gasteiger partial charge in [0.05, 0.1) is 0 Å². The lowest BCUT2D eigenvalue weighted by molar-refractivity contribution is 0.152. The van der Waals surface area contributed by atoms with Gasteiger partial charge in [-0.25, -0.2) is 0 Å². The predicted molar refractivity (Wildman–Crippen MR) is 67.4 cm³/mol. The van der Waals surface area contributed by atoms with Crippen LogP contribution in [0.15, 0.2) is 29.2 Å². The number of hydrogen-bond donors (Lipinski definition) is 1. The summed E-state index contributed by atoms with van der Waals surface area (Å²) in [5.41, 5.74) is 1.40. The molecule has 15 heavy (non-hydrogen) atoms. The summed E-state index contributed by atoms with van der Waals surface area (Å²) in [6, 6.07) is 9.27. The molecule has 1 aromatic rings. The van der Waals surface area contributed by atoms with Crippen molar-refractivity contribution >= 4 is 12.6 Å². The highest BCUT2D eigenvalue weighted by Crippen LogP contribution is 2.19. The first kappa shape index (κ1) is 11.0. The van der Waals surface area contributed by atoms with Gasteiger partial charge in [-0.05, 0) is 44.0 Å². The molecular weight excluding hydrogens is 202 g/mol. The highest BCUT2D eigenvalue weighted by atomic mass is 32.1. The molecule has 0 saturated carbocycles. The monoisotopic (exact) mass is 221 g/mol. The molecule has 1 nitrogen and oxygen atoms in total. The summed E-state index contributed by atoms with van der Waals surface area (Å²) in [4.78, 5) is 3.63. The molecule has 0 radical (unpaired) electrons. The molecule has 2 rings (SSSR count). The van der Waals surface area contributed by atoms with E-state index in [0.717, 1.165) is 17.5 Å². The van der Waals surface area contributed by atoms with Crippen molar-refractivity contribution in [2.45, 2.75) is 43.7 Å². The molecule has 2 heteroatoms. The lowest BCUT2D eigenvalue weighted by atomic mass is 10.0. The Morgan fingerprint density at radius 3 is 2.67 bits per heavy atom. The maximum absolute atomic E-state index is 4.30. The molecule has 0 bridgehead atoms. The SMILES string of the molecule is C[C@@H]1CCCCN1Cc1ccc(S)cc1. The summed E-state index contributed by atoms with van der Waals surface area (Å²) in [6.45, 7) is 4.69.